The molecule has 0 spiro atoms. The summed E-state index contributed by atoms with van der Waals surface area (Å²) in [5.41, 5.74) is 2.37. The highest BCUT2D eigenvalue weighted by Gasteiger charge is 2.37. The molecule has 4 heterocycles. The molecule has 2 aromatic rings. The van der Waals surface area contributed by atoms with Crippen molar-refractivity contribution in [1.82, 2.24) is 9.80 Å². The van der Waals surface area contributed by atoms with Crippen LogP contribution in [0.15, 0.2) is 40.5 Å². The molecule has 1 fully saturated rings. The molecule has 5 heteroatoms. The van der Waals surface area contributed by atoms with Gasteiger partial charge in [-0.05, 0) is 74.5 Å². The van der Waals surface area contributed by atoms with E-state index in [4.69, 9.17) is 4.42 Å². The summed E-state index contributed by atoms with van der Waals surface area (Å²) in [5, 5.41) is 2.18. The second-order valence-electron chi connectivity index (χ2n) is 7.07. The quantitative estimate of drug-likeness (QED) is 0.785. The van der Waals surface area contributed by atoms with Crippen LogP contribution in [0.1, 0.15) is 34.9 Å². The minimum atomic E-state index is 0.115. The van der Waals surface area contributed by atoms with Gasteiger partial charge in [-0.15, -0.1) is 11.3 Å². The van der Waals surface area contributed by atoms with Crippen molar-refractivity contribution in [1.29, 1.82) is 0 Å². The van der Waals surface area contributed by atoms with Gasteiger partial charge in [-0.2, -0.15) is 0 Å². The second-order valence-corrected chi connectivity index (χ2v) is 8.01. The molecule has 0 radical (unpaired) electrons. The Balaban J connectivity index is 1.58. The Labute approximate surface area is 152 Å². The topological polar surface area (TPSA) is 36.7 Å². The summed E-state index contributed by atoms with van der Waals surface area (Å²) >= 11 is 1.82. The molecule has 4 rings (SSSR count). The van der Waals surface area contributed by atoms with Gasteiger partial charge in [0.1, 0.15) is 0 Å². The Morgan fingerprint density at radius 2 is 2.12 bits per heavy atom. The number of hydrogen-bond acceptors (Lipinski definition) is 4. The van der Waals surface area contributed by atoms with Gasteiger partial charge in [0.15, 0.2) is 0 Å². The maximum absolute atomic E-state index is 12.9. The molecule has 25 heavy (non-hydrogen) atoms. The summed E-state index contributed by atoms with van der Waals surface area (Å²) < 4.78 is 5.08. The van der Waals surface area contributed by atoms with Crippen molar-refractivity contribution in [2.24, 2.45) is 5.92 Å². The van der Waals surface area contributed by atoms with Gasteiger partial charge >= 0.3 is 0 Å². The van der Waals surface area contributed by atoms with Crippen molar-refractivity contribution in [3.63, 3.8) is 0 Å². The van der Waals surface area contributed by atoms with Gasteiger partial charge in [-0.3, -0.25) is 4.79 Å². The van der Waals surface area contributed by atoms with E-state index < -0.39 is 0 Å². The first-order chi connectivity index (χ1) is 12.2. The van der Waals surface area contributed by atoms with E-state index in [9.17, 15) is 4.79 Å². The number of nitrogens with zero attached hydrogens (tertiary/aromatic N) is 2. The number of furan rings is 1. The highest BCUT2D eigenvalue weighted by molar-refractivity contribution is 7.10. The number of carbonyl (C=O) groups is 1. The first-order valence-corrected chi connectivity index (χ1v) is 9.86. The number of thiophene rings is 1. The molecule has 0 aliphatic carbocycles. The minimum absolute atomic E-state index is 0.115. The molecule has 2 aliphatic heterocycles. The number of fused-ring (bicyclic) bond motifs is 1. The summed E-state index contributed by atoms with van der Waals surface area (Å²) in [7, 11) is 2.18. The minimum Gasteiger partial charge on any atom is -0.472 e. The summed E-state index contributed by atoms with van der Waals surface area (Å²) in [6.45, 7) is 3.05. The highest BCUT2D eigenvalue weighted by atomic mass is 32.1. The van der Waals surface area contributed by atoms with Crippen LogP contribution in [0.3, 0.4) is 0 Å². The molecule has 0 bridgehead atoms. The Morgan fingerprint density at radius 1 is 1.28 bits per heavy atom. The molecule has 0 saturated carbocycles. The molecule has 0 aromatic carbocycles. The van der Waals surface area contributed by atoms with E-state index in [0.717, 1.165) is 44.5 Å². The van der Waals surface area contributed by atoms with Crippen LogP contribution in [0.4, 0.5) is 0 Å². The average Bonchev–Trinajstić information content (AvgIpc) is 3.31. The number of carbonyl (C=O) groups excluding carboxylic acids is 1. The first kappa shape index (κ1) is 16.6. The fourth-order valence-electron chi connectivity index (χ4n) is 4.03. The summed E-state index contributed by atoms with van der Waals surface area (Å²) in [6.07, 6.45) is 10.1. The SMILES string of the molecule is CN1CCC(C2c3sccc3CCN2C(=O)C=Cc2ccoc2)CC1. The van der Waals surface area contributed by atoms with Crippen LogP contribution in [0.2, 0.25) is 0 Å². The molecule has 132 valence electrons. The molecule has 0 N–H and O–H groups in total. The molecule has 2 aromatic heterocycles. The standard InChI is InChI=1S/C20H24N2O2S/c1-21-9-4-16(5-10-21)19-20-17(8-13-25-20)6-11-22(19)18(23)3-2-15-7-12-24-14-15/h2-3,7-8,12-14,16,19H,4-6,9-11H2,1H3. The number of amides is 1. The van der Waals surface area contributed by atoms with E-state index in [1.807, 2.05) is 23.5 Å². The fourth-order valence-corrected chi connectivity index (χ4v) is 5.19. The van der Waals surface area contributed by atoms with E-state index in [0.29, 0.717) is 5.92 Å². The third kappa shape index (κ3) is 3.44. The maximum atomic E-state index is 12.9. The monoisotopic (exact) mass is 356 g/mol. The third-order valence-electron chi connectivity index (χ3n) is 5.46. The highest BCUT2D eigenvalue weighted by Crippen LogP contribution is 2.42. The predicted molar refractivity (Wildman–Crippen MR) is 100 cm³/mol. The van der Waals surface area contributed by atoms with Crippen molar-refractivity contribution in [2.75, 3.05) is 26.7 Å². The molecular weight excluding hydrogens is 332 g/mol. The fraction of sp³-hybridized carbons (Fsp3) is 0.450. The first-order valence-electron chi connectivity index (χ1n) is 8.98. The van der Waals surface area contributed by atoms with Gasteiger partial charge in [-0.25, -0.2) is 0 Å². The van der Waals surface area contributed by atoms with Crippen LogP contribution < -0.4 is 0 Å². The molecule has 1 amide bonds. The second kappa shape index (κ2) is 7.18. The van der Waals surface area contributed by atoms with E-state index in [-0.39, 0.29) is 11.9 Å². The summed E-state index contributed by atoms with van der Waals surface area (Å²) in [4.78, 5) is 18.8. The summed E-state index contributed by atoms with van der Waals surface area (Å²) in [5.74, 6) is 0.671. The number of rotatable bonds is 3. The van der Waals surface area contributed by atoms with Crippen molar-refractivity contribution in [3.8, 4) is 0 Å². The van der Waals surface area contributed by atoms with Crippen LogP contribution >= 0.6 is 11.3 Å². The molecule has 1 unspecified atom stereocenters. The Hall–Kier alpha value is -1.85. The molecule has 1 atom stereocenters. The van der Waals surface area contributed by atoms with Crippen LogP contribution in [-0.2, 0) is 11.2 Å². The maximum Gasteiger partial charge on any atom is 0.247 e. The van der Waals surface area contributed by atoms with Crippen LogP contribution in [0, 0.1) is 5.92 Å². The lowest BCUT2D eigenvalue weighted by Crippen LogP contribution is -2.44. The zero-order valence-corrected chi connectivity index (χ0v) is 15.4. The van der Waals surface area contributed by atoms with Gasteiger partial charge in [0.05, 0.1) is 18.6 Å². The van der Waals surface area contributed by atoms with Crippen molar-refractivity contribution >= 4 is 23.3 Å². The Kier molecular flexibility index (Phi) is 4.77. The van der Waals surface area contributed by atoms with Gasteiger partial charge in [0.25, 0.3) is 0 Å². The molecule has 2 aliphatic rings. The Bertz CT molecular complexity index is 742. The zero-order valence-electron chi connectivity index (χ0n) is 14.6. The van der Waals surface area contributed by atoms with Crippen molar-refractivity contribution in [2.45, 2.75) is 25.3 Å². The van der Waals surface area contributed by atoms with Crippen LogP contribution in [-0.4, -0.2) is 42.4 Å². The zero-order chi connectivity index (χ0) is 17.2. The number of hydrogen-bond donors (Lipinski definition) is 0. The average molecular weight is 356 g/mol. The predicted octanol–water partition coefficient (Wildman–Crippen LogP) is 3.82. The lowest BCUT2D eigenvalue weighted by molar-refractivity contribution is -0.130. The van der Waals surface area contributed by atoms with E-state index in [2.05, 4.69) is 28.3 Å². The number of piperidine rings is 1. The number of likely N-dealkylation sites (tertiary alicyclic amines) is 1. The van der Waals surface area contributed by atoms with Gasteiger partial charge in [0, 0.05) is 23.1 Å². The van der Waals surface area contributed by atoms with E-state index >= 15 is 0 Å². The van der Waals surface area contributed by atoms with Crippen molar-refractivity contribution in [3.05, 3.63) is 52.1 Å². The smallest absolute Gasteiger partial charge is 0.247 e. The molecule has 1 saturated heterocycles. The third-order valence-corrected chi connectivity index (χ3v) is 6.49. The largest absolute Gasteiger partial charge is 0.472 e. The normalized spacial score (nSPS) is 22.4. The summed E-state index contributed by atoms with van der Waals surface area (Å²) in [6, 6.07) is 4.34. The Morgan fingerprint density at radius 3 is 2.88 bits per heavy atom. The van der Waals surface area contributed by atoms with Crippen molar-refractivity contribution < 1.29 is 9.21 Å². The molecule has 4 nitrogen and oxygen atoms in total. The van der Waals surface area contributed by atoms with Crippen LogP contribution in [0.5, 0.6) is 0 Å². The van der Waals surface area contributed by atoms with Crippen LogP contribution in [0.25, 0.3) is 6.08 Å². The van der Waals surface area contributed by atoms with Gasteiger partial charge < -0.3 is 14.2 Å². The molecular formula is C20H24N2O2S. The van der Waals surface area contributed by atoms with Gasteiger partial charge in [0.2, 0.25) is 5.91 Å². The van der Waals surface area contributed by atoms with Gasteiger partial charge in [-0.1, -0.05) is 0 Å². The van der Waals surface area contributed by atoms with E-state index in [1.54, 1.807) is 18.6 Å². The lowest BCUT2D eigenvalue weighted by atomic mass is 9.84. The van der Waals surface area contributed by atoms with E-state index in [1.165, 1.54) is 10.4 Å². The lowest BCUT2D eigenvalue weighted by Gasteiger charge is -2.42.